The van der Waals surface area contributed by atoms with Gasteiger partial charge in [0.1, 0.15) is 5.82 Å². The highest BCUT2D eigenvalue weighted by molar-refractivity contribution is 5.89. The molecule has 0 bridgehead atoms. The lowest BCUT2D eigenvalue weighted by Gasteiger charge is -2.10. The minimum atomic E-state index is -0.331. The summed E-state index contributed by atoms with van der Waals surface area (Å²) >= 11 is 0. The summed E-state index contributed by atoms with van der Waals surface area (Å²) < 4.78 is 4.99. The third-order valence-corrected chi connectivity index (χ3v) is 3.68. The minimum Gasteiger partial charge on any atom is -0.462 e. The fourth-order valence-corrected chi connectivity index (χ4v) is 2.44. The molecule has 2 aromatic heterocycles. The first kappa shape index (κ1) is 18.3. The topological polar surface area (TPSA) is 89.0 Å². The van der Waals surface area contributed by atoms with Crippen LogP contribution >= 0.6 is 0 Å². The average Bonchev–Trinajstić information content (AvgIpc) is 2.67. The first-order valence-corrected chi connectivity index (χ1v) is 8.67. The zero-order valence-corrected chi connectivity index (χ0v) is 15.3. The molecule has 138 valence electrons. The van der Waals surface area contributed by atoms with E-state index in [-0.39, 0.29) is 5.97 Å². The summed E-state index contributed by atoms with van der Waals surface area (Å²) in [6.07, 6.45) is 1.75. The molecule has 0 saturated heterocycles. The van der Waals surface area contributed by atoms with Crippen LogP contribution in [0.2, 0.25) is 0 Å². The van der Waals surface area contributed by atoms with Gasteiger partial charge in [-0.15, -0.1) is 0 Å². The number of nitrogens with zero attached hydrogens (tertiary/aromatic N) is 3. The second kappa shape index (κ2) is 8.75. The lowest BCUT2D eigenvalue weighted by atomic mass is 10.2. The molecule has 0 aliphatic heterocycles. The van der Waals surface area contributed by atoms with Crippen molar-refractivity contribution < 1.29 is 9.53 Å². The quantitative estimate of drug-likeness (QED) is 0.619. The maximum absolute atomic E-state index is 11.7. The van der Waals surface area contributed by atoms with Crippen LogP contribution in [0.15, 0.2) is 54.7 Å². The number of pyridine rings is 1. The van der Waals surface area contributed by atoms with Crippen molar-refractivity contribution in [2.24, 2.45) is 0 Å². The van der Waals surface area contributed by atoms with Gasteiger partial charge in [-0.05, 0) is 50.2 Å². The fraction of sp³-hybridized carbons (Fsp3) is 0.200. The molecule has 0 unspecified atom stereocenters. The summed E-state index contributed by atoms with van der Waals surface area (Å²) in [6.45, 7) is 4.58. The molecular formula is C20H21N5O2. The van der Waals surface area contributed by atoms with Crippen LogP contribution in [0.25, 0.3) is 0 Å². The summed E-state index contributed by atoms with van der Waals surface area (Å²) in [7, 11) is 0. The molecule has 0 aliphatic carbocycles. The van der Waals surface area contributed by atoms with Crippen molar-refractivity contribution in [3.63, 3.8) is 0 Å². The number of aryl methyl sites for hydroxylation is 1. The van der Waals surface area contributed by atoms with Crippen LogP contribution in [-0.2, 0) is 11.3 Å². The van der Waals surface area contributed by atoms with E-state index in [9.17, 15) is 4.79 Å². The van der Waals surface area contributed by atoms with Gasteiger partial charge in [0.15, 0.2) is 0 Å². The molecule has 0 fully saturated rings. The van der Waals surface area contributed by atoms with Crippen LogP contribution in [0.4, 0.5) is 17.5 Å². The van der Waals surface area contributed by atoms with E-state index in [4.69, 9.17) is 4.74 Å². The van der Waals surface area contributed by atoms with Gasteiger partial charge in [0.25, 0.3) is 0 Å². The maximum atomic E-state index is 11.7. The first-order valence-electron chi connectivity index (χ1n) is 8.67. The number of hydrogen-bond acceptors (Lipinski definition) is 7. The van der Waals surface area contributed by atoms with Gasteiger partial charge in [0, 0.05) is 23.6 Å². The van der Waals surface area contributed by atoms with E-state index in [1.54, 1.807) is 25.3 Å². The number of carbonyl (C=O) groups excluding carboxylic acids is 1. The Bertz CT molecular complexity index is 898. The summed E-state index contributed by atoms with van der Waals surface area (Å²) in [5, 5.41) is 6.40. The second-order valence-corrected chi connectivity index (χ2v) is 5.82. The van der Waals surface area contributed by atoms with Crippen molar-refractivity contribution in [2.75, 3.05) is 17.2 Å². The number of esters is 1. The fourth-order valence-electron chi connectivity index (χ4n) is 2.44. The summed E-state index contributed by atoms with van der Waals surface area (Å²) in [4.78, 5) is 24.9. The van der Waals surface area contributed by atoms with Gasteiger partial charge in [-0.2, -0.15) is 4.98 Å². The molecule has 0 aliphatic rings. The average molecular weight is 363 g/mol. The van der Waals surface area contributed by atoms with E-state index in [0.29, 0.717) is 30.5 Å². The summed E-state index contributed by atoms with van der Waals surface area (Å²) in [5.41, 5.74) is 3.07. The Labute approximate surface area is 157 Å². The van der Waals surface area contributed by atoms with Crippen molar-refractivity contribution in [3.05, 3.63) is 71.7 Å². The van der Waals surface area contributed by atoms with E-state index < -0.39 is 0 Å². The first-order chi connectivity index (χ1) is 13.1. The van der Waals surface area contributed by atoms with Gasteiger partial charge in [-0.1, -0.05) is 6.07 Å². The molecule has 27 heavy (non-hydrogen) atoms. The molecule has 7 nitrogen and oxygen atoms in total. The normalized spacial score (nSPS) is 10.3. The molecule has 0 amide bonds. The molecule has 0 saturated carbocycles. The summed E-state index contributed by atoms with van der Waals surface area (Å²) in [6, 6.07) is 14.7. The zero-order chi connectivity index (χ0) is 19.1. The Balaban J connectivity index is 1.68. The van der Waals surface area contributed by atoms with Gasteiger partial charge >= 0.3 is 5.97 Å². The Morgan fingerprint density at radius 3 is 2.63 bits per heavy atom. The molecular weight excluding hydrogens is 342 g/mol. The van der Waals surface area contributed by atoms with Crippen molar-refractivity contribution >= 4 is 23.4 Å². The zero-order valence-electron chi connectivity index (χ0n) is 15.3. The van der Waals surface area contributed by atoms with Crippen molar-refractivity contribution in [3.8, 4) is 0 Å². The molecule has 0 spiro atoms. The van der Waals surface area contributed by atoms with Crippen molar-refractivity contribution in [1.29, 1.82) is 0 Å². The highest BCUT2D eigenvalue weighted by atomic mass is 16.5. The number of anilines is 3. The molecule has 3 rings (SSSR count). The number of carbonyl (C=O) groups is 1. The van der Waals surface area contributed by atoms with Gasteiger partial charge in [0.2, 0.25) is 5.95 Å². The van der Waals surface area contributed by atoms with Crippen molar-refractivity contribution in [2.45, 2.75) is 20.4 Å². The van der Waals surface area contributed by atoms with E-state index in [2.05, 4.69) is 25.6 Å². The number of rotatable bonds is 7. The Kier molecular flexibility index (Phi) is 5.94. The Morgan fingerprint density at radius 2 is 1.93 bits per heavy atom. The monoisotopic (exact) mass is 363 g/mol. The minimum absolute atomic E-state index is 0.331. The van der Waals surface area contributed by atoms with Gasteiger partial charge in [-0.25, -0.2) is 9.78 Å². The lowest BCUT2D eigenvalue weighted by Crippen LogP contribution is -2.07. The number of ether oxygens (including phenoxy) is 1. The largest absolute Gasteiger partial charge is 0.462 e. The molecule has 7 heteroatoms. The smallest absolute Gasteiger partial charge is 0.338 e. The number of hydrogen-bond donors (Lipinski definition) is 2. The molecule has 3 aromatic rings. The van der Waals surface area contributed by atoms with Crippen LogP contribution in [0.1, 0.15) is 28.7 Å². The highest BCUT2D eigenvalue weighted by Gasteiger charge is 2.07. The van der Waals surface area contributed by atoms with Gasteiger partial charge < -0.3 is 15.4 Å². The lowest BCUT2D eigenvalue weighted by molar-refractivity contribution is 0.0526. The molecule has 2 heterocycles. The van der Waals surface area contributed by atoms with Crippen LogP contribution in [0.3, 0.4) is 0 Å². The van der Waals surface area contributed by atoms with Crippen LogP contribution in [-0.4, -0.2) is 27.5 Å². The molecule has 0 radical (unpaired) electrons. The Morgan fingerprint density at radius 1 is 1.11 bits per heavy atom. The van der Waals surface area contributed by atoms with E-state index in [0.717, 1.165) is 17.1 Å². The van der Waals surface area contributed by atoms with Gasteiger partial charge in [0.05, 0.1) is 24.4 Å². The van der Waals surface area contributed by atoms with Gasteiger partial charge in [-0.3, -0.25) is 4.98 Å². The van der Waals surface area contributed by atoms with E-state index in [1.165, 1.54) is 0 Å². The van der Waals surface area contributed by atoms with E-state index in [1.807, 2.05) is 43.3 Å². The standard InChI is InChI=1S/C20H21N5O2/c1-3-27-19(26)15-7-9-16(10-8-15)24-18-12-14(2)23-20(25-18)22-13-17-6-4-5-11-21-17/h4-12H,3,13H2,1-2H3,(H2,22,23,24,25). The predicted molar refractivity (Wildman–Crippen MR) is 104 cm³/mol. The van der Waals surface area contributed by atoms with Crippen LogP contribution in [0.5, 0.6) is 0 Å². The predicted octanol–water partition coefficient (Wildman–Crippen LogP) is 3.71. The van der Waals surface area contributed by atoms with Crippen molar-refractivity contribution in [1.82, 2.24) is 15.0 Å². The summed E-state index contributed by atoms with van der Waals surface area (Å²) in [5.74, 6) is 0.851. The second-order valence-electron chi connectivity index (χ2n) is 5.82. The third-order valence-electron chi connectivity index (χ3n) is 3.68. The number of nitrogens with one attached hydrogen (secondary N) is 2. The molecule has 0 atom stereocenters. The number of benzene rings is 1. The SMILES string of the molecule is CCOC(=O)c1ccc(Nc2cc(C)nc(NCc3ccccn3)n2)cc1. The van der Waals surface area contributed by atoms with Crippen LogP contribution in [0, 0.1) is 6.92 Å². The number of aromatic nitrogens is 3. The Hall–Kier alpha value is -3.48. The highest BCUT2D eigenvalue weighted by Crippen LogP contribution is 2.18. The maximum Gasteiger partial charge on any atom is 0.338 e. The third kappa shape index (κ3) is 5.24. The van der Waals surface area contributed by atoms with E-state index >= 15 is 0 Å². The molecule has 2 N–H and O–H groups in total. The van der Waals surface area contributed by atoms with Crippen LogP contribution < -0.4 is 10.6 Å². The molecule has 1 aromatic carbocycles.